The number of benzene rings is 1. The molecule has 0 bridgehead atoms. The van der Waals surface area contributed by atoms with Crippen molar-refractivity contribution in [2.45, 2.75) is 13.0 Å². The van der Waals surface area contributed by atoms with Crippen LogP contribution in [0.3, 0.4) is 0 Å². The van der Waals surface area contributed by atoms with Gasteiger partial charge in [-0.1, -0.05) is 6.07 Å². The van der Waals surface area contributed by atoms with E-state index in [-0.39, 0.29) is 0 Å². The van der Waals surface area contributed by atoms with E-state index >= 15 is 0 Å². The maximum atomic E-state index is 10.9. The number of nitrogens with one attached hydrogen (secondary N) is 1. The van der Waals surface area contributed by atoms with Crippen LogP contribution in [0.15, 0.2) is 24.3 Å². The summed E-state index contributed by atoms with van der Waals surface area (Å²) < 4.78 is 0. The third-order valence-corrected chi connectivity index (χ3v) is 2.93. The molecule has 0 aromatic heterocycles. The van der Waals surface area contributed by atoms with E-state index in [1.54, 1.807) is 18.2 Å². The van der Waals surface area contributed by atoms with Gasteiger partial charge in [0.15, 0.2) is 0 Å². The van der Waals surface area contributed by atoms with Crippen LogP contribution >= 0.6 is 0 Å². The van der Waals surface area contributed by atoms with Crippen molar-refractivity contribution in [3.05, 3.63) is 29.8 Å². The van der Waals surface area contributed by atoms with Crippen LogP contribution in [0.25, 0.3) is 0 Å². The minimum atomic E-state index is -0.871. The summed E-state index contributed by atoms with van der Waals surface area (Å²) in [6.07, 6.45) is 0. The average molecular weight is 220 g/mol. The third-order valence-electron chi connectivity index (χ3n) is 2.93. The topological polar surface area (TPSA) is 52.6 Å². The van der Waals surface area contributed by atoms with Gasteiger partial charge in [0.1, 0.15) is 0 Å². The first kappa shape index (κ1) is 11.0. The van der Waals surface area contributed by atoms with E-state index in [9.17, 15) is 4.79 Å². The summed E-state index contributed by atoms with van der Waals surface area (Å²) >= 11 is 0. The molecule has 0 saturated carbocycles. The first-order chi connectivity index (χ1) is 7.68. The summed E-state index contributed by atoms with van der Waals surface area (Å²) in [7, 11) is 0. The second-order valence-electron chi connectivity index (χ2n) is 4.10. The highest BCUT2D eigenvalue weighted by Crippen LogP contribution is 2.19. The van der Waals surface area contributed by atoms with Crippen molar-refractivity contribution in [2.75, 3.05) is 24.5 Å². The molecule has 2 rings (SSSR count). The van der Waals surface area contributed by atoms with Gasteiger partial charge in [0.2, 0.25) is 0 Å². The third kappa shape index (κ3) is 2.17. The lowest BCUT2D eigenvalue weighted by atomic mass is 10.1. The molecule has 1 aliphatic rings. The Bertz CT molecular complexity index is 392. The molecule has 1 heterocycles. The minimum Gasteiger partial charge on any atom is -0.478 e. The zero-order chi connectivity index (χ0) is 11.5. The molecule has 1 saturated heterocycles. The molecule has 4 heteroatoms. The molecule has 86 valence electrons. The zero-order valence-corrected chi connectivity index (χ0v) is 9.31. The first-order valence-electron chi connectivity index (χ1n) is 5.49. The van der Waals surface area contributed by atoms with Gasteiger partial charge in [-0.3, -0.25) is 0 Å². The van der Waals surface area contributed by atoms with Crippen molar-refractivity contribution in [3.63, 3.8) is 0 Å². The molecule has 1 aromatic rings. The maximum absolute atomic E-state index is 10.9. The van der Waals surface area contributed by atoms with Crippen LogP contribution in [0.4, 0.5) is 5.69 Å². The zero-order valence-electron chi connectivity index (χ0n) is 9.31. The van der Waals surface area contributed by atoms with Gasteiger partial charge in [-0.2, -0.15) is 0 Å². The van der Waals surface area contributed by atoms with Gasteiger partial charge in [-0.05, 0) is 25.1 Å². The number of piperazine rings is 1. The van der Waals surface area contributed by atoms with Crippen LogP contribution < -0.4 is 10.2 Å². The summed E-state index contributed by atoms with van der Waals surface area (Å²) in [5, 5.41) is 12.3. The lowest BCUT2D eigenvalue weighted by Gasteiger charge is -2.36. The second kappa shape index (κ2) is 4.53. The number of hydrogen-bond acceptors (Lipinski definition) is 3. The number of anilines is 1. The average Bonchev–Trinajstić information content (AvgIpc) is 2.30. The normalized spacial score (nSPS) is 20.8. The molecule has 1 atom stereocenters. The Hall–Kier alpha value is -1.55. The van der Waals surface area contributed by atoms with Gasteiger partial charge >= 0.3 is 5.97 Å². The van der Waals surface area contributed by atoms with Crippen molar-refractivity contribution in [2.24, 2.45) is 0 Å². The Morgan fingerprint density at radius 2 is 2.38 bits per heavy atom. The maximum Gasteiger partial charge on any atom is 0.335 e. The van der Waals surface area contributed by atoms with Gasteiger partial charge in [-0.25, -0.2) is 4.79 Å². The van der Waals surface area contributed by atoms with Gasteiger partial charge in [0, 0.05) is 31.4 Å². The summed E-state index contributed by atoms with van der Waals surface area (Å²) in [5.74, 6) is -0.871. The quantitative estimate of drug-likeness (QED) is 0.786. The predicted octanol–water partition coefficient (Wildman–Crippen LogP) is 1.18. The van der Waals surface area contributed by atoms with E-state index < -0.39 is 5.97 Å². The molecule has 4 nitrogen and oxygen atoms in total. The van der Waals surface area contributed by atoms with Crippen molar-refractivity contribution in [3.8, 4) is 0 Å². The number of carbonyl (C=O) groups is 1. The van der Waals surface area contributed by atoms with E-state index in [0.717, 1.165) is 25.3 Å². The molecule has 0 radical (unpaired) electrons. The Morgan fingerprint density at radius 3 is 3.06 bits per heavy atom. The molecule has 0 aliphatic carbocycles. The van der Waals surface area contributed by atoms with Gasteiger partial charge < -0.3 is 15.3 Å². The lowest BCUT2D eigenvalue weighted by Crippen LogP contribution is -2.49. The SMILES string of the molecule is C[C@H]1CNCCN1c1cccc(C(=O)O)c1. The fourth-order valence-corrected chi connectivity index (χ4v) is 2.04. The summed E-state index contributed by atoms with van der Waals surface area (Å²) in [6, 6.07) is 7.53. The molecule has 0 unspecified atom stereocenters. The van der Waals surface area contributed by atoms with Crippen LogP contribution in [-0.4, -0.2) is 36.8 Å². The number of nitrogens with zero attached hydrogens (tertiary/aromatic N) is 1. The summed E-state index contributed by atoms with van der Waals surface area (Å²) in [6.45, 7) is 4.95. The summed E-state index contributed by atoms with van der Waals surface area (Å²) in [5.41, 5.74) is 1.34. The van der Waals surface area contributed by atoms with Crippen LogP contribution in [0.1, 0.15) is 17.3 Å². The summed E-state index contributed by atoms with van der Waals surface area (Å²) in [4.78, 5) is 13.1. The number of rotatable bonds is 2. The molecule has 1 fully saturated rings. The number of aromatic carboxylic acids is 1. The molecular formula is C12H16N2O2. The smallest absolute Gasteiger partial charge is 0.335 e. The van der Waals surface area contributed by atoms with E-state index in [4.69, 9.17) is 5.11 Å². The molecule has 16 heavy (non-hydrogen) atoms. The largest absolute Gasteiger partial charge is 0.478 e. The van der Waals surface area contributed by atoms with Crippen molar-refractivity contribution in [1.29, 1.82) is 0 Å². The molecule has 0 amide bonds. The first-order valence-corrected chi connectivity index (χ1v) is 5.49. The van der Waals surface area contributed by atoms with Gasteiger partial charge in [-0.15, -0.1) is 0 Å². The molecule has 1 aromatic carbocycles. The number of carboxylic acid groups (broad SMARTS) is 1. The Labute approximate surface area is 94.9 Å². The highest BCUT2D eigenvalue weighted by Gasteiger charge is 2.18. The standard InChI is InChI=1S/C12H16N2O2/c1-9-8-13-5-6-14(9)11-4-2-3-10(7-11)12(15)16/h2-4,7,9,13H,5-6,8H2,1H3,(H,15,16)/t9-/m0/s1. The monoisotopic (exact) mass is 220 g/mol. The fourth-order valence-electron chi connectivity index (χ4n) is 2.04. The van der Waals surface area contributed by atoms with Crippen LogP contribution in [0.5, 0.6) is 0 Å². The molecule has 0 spiro atoms. The minimum absolute atomic E-state index is 0.350. The van der Waals surface area contributed by atoms with Crippen LogP contribution in [-0.2, 0) is 0 Å². The fraction of sp³-hybridized carbons (Fsp3) is 0.417. The van der Waals surface area contributed by atoms with Crippen molar-refractivity contribution in [1.82, 2.24) is 5.32 Å². The molecule has 1 aliphatic heterocycles. The van der Waals surface area contributed by atoms with E-state index in [0.29, 0.717) is 11.6 Å². The highest BCUT2D eigenvalue weighted by atomic mass is 16.4. The van der Waals surface area contributed by atoms with Crippen molar-refractivity contribution < 1.29 is 9.90 Å². The molecular weight excluding hydrogens is 204 g/mol. The number of carboxylic acids is 1. The van der Waals surface area contributed by atoms with E-state index in [1.165, 1.54) is 0 Å². The lowest BCUT2D eigenvalue weighted by molar-refractivity contribution is 0.0697. The Morgan fingerprint density at radius 1 is 1.56 bits per heavy atom. The highest BCUT2D eigenvalue weighted by molar-refractivity contribution is 5.88. The van der Waals surface area contributed by atoms with Crippen molar-refractivity contribution >= 4 is 11.7 Å². The second-order valence-corrected chi connectivity index (χ2v) is 4.10. The van der Waals surface area contributed by atoms with E-state index in [1.807, 2.05) is 6.07 Å². The van der Waals surface area contributed by atoms with E-state index in [2.05, 4.69) is 17.1 Å². The Balaban J connectivity index is 2.25. The predicted molar refractivity (Wildman–Crippen MR) is 63.1 cm³/mol. The van der Waals surface area contributed by atoms with Gasteiger partial charge in [0.25, 0.3) is 0 Å². The van der Waals surface area contributed by atoms with Gasteiger partial charge in [0.05, 0.1) is 5.56 Å². The molecule has 2 N–H and O–H groups in total. The Kier molecular flexibility index (Phi) is 3.10. The van der Waals surface area contributed by atoms with Crippen LogP contribution in [0, 0.1) is 0 Å². The van der Waals surface area contributed by atoms with Crippen LogP contribution in [0.2, 0.25) is 0 Å². The number of hydrogen-bond donors (Lipinski definition) is 2.